The lowest BCUT2D eigenvalue weighted by Gasteiger charge is -2.25. The molecule has 0 aromatic rings. The van der Waals surface area contributed by atoms with Crippen LogP contribution in [0.15, 0.2) is 122 Å². The summed E-state index contributed by atoms with van der Waals surface area (Å²) < 4.78 is 22.7. The number of nitrogens with zero attached hydrogens (tertiary/aromatic N) is 1. The molecule has 0 saturated heterocycles. The fourth-order valence-corrected chi connectivity index (χ4v) is 7.12. The summed E-state index contributed by atoms with van der Waals surface area (Å²) in [7, 11) is 5.94. The smallest absolute Gasteiger partial charge is 0.361 e. The molecule has 72 heavy (non-hydrogen) atoms. The zero-order valence-electron chi connectivity index (χ0n) is 46.3. The number of unbranched alkanes of at least 4 members (excludes halogenated alkanes) is 15. The first-order chi connectivity index (χ1) is 35.1. The van der Waals surface area contributed by atoms with E-state index in [9.17, 15) is 19.5 Å². The highest BCUT2D eigenvalue weighted by Crippen LogP contribution is 2.14. The van der Waals surface area contributed by atoms with Crippen LogP contribution in [0.2, 0.25) is 0 Å². The topological polar surface area (TPSA) is 108 Å². The van der Waals surface area contributed by atoms with Crippen molar-refractivity contribution >= 4 is 17.9 Å². The number of carbonyl (C=O) groups is 3. The summed E-state index contributed by atoms with van der Waals surface area (Å²) in [6, 6.07) is 0. The molecule has 9 nitrogen and oxygen atoms in total. The molecule has 0 aliphatic rings. The number of aliphatic carboxylic acids is 1. The summed E-state index contributed by atoms with van der Waals surface area (Å²) in [5.41, 5.74) is 0. The number of ether oxygens (including phenoxy) is 4. The minimum atomic E-state index is -1.52. The van der Waals surface area contributed by atoms with Crippen molar-refractivity contribution in [3.63, 3.8) is 0 Å². The van der Waals surface area contributed by atoms with Gasteiger partial charge < -0.3 is 28.5 Å². The quantitative estimate of drug-likeness (QED) is 0.0211. The molecule has 408 valence electrons. The van der Waals surface area contributed by atoms with E-state index in [0.29, 0.717) is 17.4 Å². The lowest BCUT2D eigenvalue weighted by atomic mass is 10.1. The molecule has 0 heterocycles. The number of allylic oxidation sites excluding steroid dienone is 20. The molecule has 0 fully saturated rings. The van der Waals surface area contributed by atoms with Crippen LogP contribution in [0.4, 0.5) is 0 Å². The molecule has 0 aliphatic carbocycles. The van der Waals surface area contributed by atoms with Gasteiger partial charge >= 0.3 is 17.9 Å². The molecular weight excluding hydrogens is 899 g/mol. The van der Waals surface area contributed by atoms with Crippen molar-refractivity contribution in [3.05, 3.63) is 122 Å². The first kappa shape index (κ1) is 67.7. The largest absolute Gasteiger partial charge is 0.477 e. The first-order valence-electron chi connectivity index (χ1n) is 28.2. The molecule has 0 spiro atoms. The van der Waals surface area contributed by atoms with Crippen molar-refractivity contribution in [2.24, 2.45) is 0 Å². The molecule has 0 rings (SSSR count). The summed E-state index contributed by atoms with van der Waals surface area (Å²) in [5, 5.41) is 9.66. The van der Waals surface area contributed by atoms with Gasteiger partial charge in [0.1, 0.15) is 13.2 Å². The normalized spacial score (nSPS) is 13.7. The van der Waals surface area contributed by atoms with E-state index in [4.69, 9.17) is 18.9 Å². The van der Waals surface area contributed by atoms with Gasteiger partial charge in [0, 0.05) is 12.8 Å². The van der Waals surface area contributed by atoms with E-state index < -0.39 is 24.3 Å². The first-order valence-corrected chi connectivity index (χ1v) is 28.2. The SMILES string of the molecule is CC/C=C\C/C=C\C/C=C\C/C=C\C/C=C\C/C=C\C/C=C\C/C=C\C/C=C\CCCCCCCCCCCC(=O)OC(COC(=O)CCCCCCC/C=C\CCC)COC(OCC[N+](C)(C)C)C(=O)O. The van der Waals surface area contributed by atoms with Crippen LogP contribution in [0.1, 0.15) is 200 Å². The minimum Gasteiger partial charge on any atom is -0.477 e. The summed E-state index contributed by atoms with van der Waals surface area (Å²) in [4.78, 5) is 37.2. The molecule has 0 radical (unpaired) electrons. The van der Waals surface area contributed by atoms with Crippen LogP contribution in [0, 0.1) is 0 Å². The number of carboxylic acids is 1. The van der Waals surface area contributed by atoms with Gasteiger partial charge in [0.15, 0.2) is 6.10 Å². The molecule has 0 amide bonds. The van der Waals surface area contributed by atoms with Crippen LogP contribution in [0.5, 0.6) is 0 Å². The zero-order valence-corrected chi connectivity index (χ0v) is 46.3. The van der Waals surface area contributed by atoms with Gasteiger partial charge in [0.2, 0.25) is 0 Å². The lowest BCUT2D eigenvalue weighted by Crippen LogP contribution is -2.40. The van der Waals surface area contributed by atoms with Crippen LogP contribution >= 0.6 is 0 Å². The highest BCUT2D eigenvalue weighted by atomic mass is 16.7. The Kier molecular flexibility index (Phi) is 49.8. The Hall–Kier alpha value is -4.31. The standard InChI is InChI=1S/C63H103NO8/c1-6-8-10-12-14-16-18-19-20-21-22-23-24-25-26-27-28-29-30-31-32-33-34-35-36-37-38-39-40-41-42-43-44-46-48-50-52-54-61(66)72-59(58-71-63(62(67)68)69-56-55-64(3,4)5)57-70-60(65)53-51-49-47-45-17-15-13-11-9-7-2/h8,10-11,13-14,16,19-20,22-23,25-26,28-29,31-32,34-35,37-38,59,63H,6-7,9,12,15,17-18,21,24,27,30,33,36,39-58H2,1-5H3/p+1/b10-8-,13-11-,16-14-,20-19-,23-22-,26-25-,29-28-,32-31-,35-34-,38-37-. The Morgan fingerprint density at radius 1 is 0.431 bits per heavy atom. The summed E-state index contributed by atoms with van der Waals surface area (Å²) in [5.74, 6) is -2.04. The van der Waals surface area contributed by atoms with Crippen LogP contribution in [0.3, 0.4) is 0 Å². The average Bonchev–Trinajstić information content (AvgIpc) is 3.35. The van der Waals surface area contributed by atoms with Crippen LogP contribution in [-0.4, -0.2) is 87.4 Å². The van der Waals surface area contributed by atoms with Crippen LogP contribution in [0.25, 0.3) is 0 Å². The minimum absolute atomic E-state index is 0.179. The number of esters is 2. The molecule has 2 atom stereocenters. The van der Waals surface area contributed by atoms with Crippen molar-refractivity contribution in [1.82, 2.24) is 0 Å². The van der Waals surface area contributed by atoms with Crippen molar-refractivity contribution in [3.8, 4) is 0 Å². The van der Waals surface area contributed by atoms with Gasteiger partial charge in [-0.1, -0.05) is 206 Å². The molecule has 0 aliphatic heterocycles. The number of hydrogen-bond donors (Lipinski definition) is 1. The number of quaternary nitrogens is 1. The molecule has 0 saturated carbocycles. The number of rotatable bonds is 50. The van der Waals surface area contributed by atoms with E-state index in [1.165, 1.54) is 38.5 Å². The zero-order chi connectivity index (χ0) is 52.7. The Morgan fingerprint density at radius 2 is 0.792 bits per heavy atom. The Labute approximate surface area is 440 Å². The summed E-state index contributed by atoms with van der Waals surface area (Å²) in [6.07, 6.45) is 71.5. The predicted molar refractivity (Wildman–Crippen MR) is 304 cm³/mol. The molecule has 0 aromatic carbocycles. The van der Waals surface area contributed by atoms with Crippen molar-refractivity contribution < 1.29 is 42.9 Å². The van der Waals surface area contributed by atoms with Gasteiger partial charge in [-0.15, -0.1) is 0 Å². The second kappa shape index (κ2) is 53.0. The van der Waals surface area contributed by atoms with Gasteiger partial charge in [-0.05, 0) is 103 Å². The maximum atomic E-state index is 12.8. The molecule has 0 bridgehead atoms. The second-order valence-corrected chi connectivity index (χ2v) is 19.5. The summed E-state index contributed by atoms with van der Waals surface area (Å²) >= 11 is 0. The number of likely N-dealkylation sites (N-methyl/N-ethyl adjacent to an activating group) is 1. The molecule has 0 aromatic heterocycles. The van der Waals surface area contributed by atoms with E-state index in [1.54, 1.807) is 0 Å². The fraction of sp³-hybridized carbons (Fsp3) is 0.635. The third-order valence-corrected chi connectivity index (χ3v) is 11.4. The summed E-state index contributed by atoms with van der Waals surface area (Å²) in [6.45, 7) is 4.65. The maximum Gasteiger partial charge on any atom is 0.361 e. The van der Waals surface area contributed by atoms with Gasteiger partial charge in [0.05, 0.1) is 34.4 Å². The van der Waals surface area contributed by atoms with E-state index in [2.05, 4.69) is 135 Å². The molecule has 2 unspecified atom stereocenters. The van der Waals surface area contributed by atoms with Gasteiger partial charge in [-0.25, -0.2) is 4.79 Å². The Bertz CT molecular complexity index is 1590. The average molecular weight is 1000 g/mol. The monoisotopic (exact) mass is 1000 g/mol. The number of hydrogen-bond acceptors (Lipinski definition) is 7. The van der Waals surface area contributed by atoms with Gasteiger partial charge in [-0.3, -0.25) is 9.59 Å². The Balaban J connectivity index is 4.15. The van der Waals surface area contributed by atoms with E-state index in [0.717, 1.165) is 128 Å². The highest BCUT2D eigenvalue weighted by molar-refractivity contribution is 5.71. The lowest BCUT2D eigenvalue weighted by molar-refractivity contribution is -0.870. The second-order valence-electron chi connectivity index (χ2n) is 19.5. The molecular formula is C63H104NO8+. The van der Waals surface area contributed by atoms with Gasteiger partial charge in [0.25, 0.3) is 6.29 Å². The van der Waals surface area contributed by atoms with Crippen molar-refractivity contribution in [2.45, 2.75) is 212 Å². The van der Waals surface area contributed by atoms with Crippen LogP contribution < -0.4 is 0 Å². The van der Waals surface area contributed by atoms with E-state index >= 15 is 0 Å². The fourth-order valence-electron chi connectivity index (χ4n) is 7.12. The number of carboxylic acid groups (broad SMARTS) is 1. The highest BCUT2D eigenvalue weighted by Gasteiger charge is 2.25. The molecule has 1 N–H and O–H groups in total. The van der Waals surface area contributed by atoms with Crippen molar-refractivity contribution in [1.29, 1.82) is 0 Å². The molecule has 9 heteroatoms. The van der Waals surface area contributed by atoms with Crippen molar-refractivity contribution in [2.75, 3.05) is 47.5 Å². The third-order valence-electron chi connectivity index (χ3n) is 11.4. The van der Waals surface area contributed by atoms with Gasteiger partial charge in [-0.2, -0.15) is 0 Å². The third kappa shape index (κ3) is 53.5. The van der Waals surface area contributed by atoms with E-state index in [-0.39, 0.29) is 38.6 Å². The number of carbonyl (C=O) groups excluding carboxylic acids is 2. The predicted octanol–water partition coefficient (Wildman–Crippen LogP) is 16.5. The van der Waals surface area contributed by atoms with Crippen LogP contribution in [-0.2, 0) is 33.3 Å². The van der Waals surface area contributed by atoms with E-state index in [1.807, 2.05) is 21.1 Å². The maximum absolute atomic E-state index is 12.8. The Morgan fingerprint density at radius 3 is 1.19 bits per heavy atom.